The van der Waals surface area contributed by atoms with Crippen LogP contribution in [0.15, 0.2) is 23.1 Å². The van der Waals surface area contributed by atoms with Crippen LogP contribution in [0.1, 0.15) is 0 Å². The molecule has 1 aromatic rings. The van der Waals surface area contributed by atoms with Gasteiger partial charge in [-0.25, -0.2) is 8.42 Å². The fraction of sp³-hybridized carbons (Fsp3) is 0.455. The summed E-state index contributed by atoms with van der Waals surface area (Å²) in [7, 11) is -2.05. The van der Waals surface area contributed by atoms with Gasteiger partial charge in [-0.05, 0) is 12.1 Å². The van der Waals surface area contributed by atoms with Gasteiger partial charge in [-0.1, -0.05) is 11.6 Å². The Bertz CT molecular complexity index is 527. The Morgan fingerprint density at radius 1 is 1.33 bits per heavy atom. The number of nitrogens with zero attached hydrogens (tertiary/aromatic N) is 1. The molecule has 1 N–H and O–H groups in total. The predicted molar refractivity (Wildman–Crippen MR) is 69.6 cm³/mol. The summed E-state index contributed by atoms with van der Waals surface area (Å²) < 4.78 is 31.3. The molecule has 1 aliphatic heterocycles. The molecule has 100 valence electrons. The summed E-state index contributed by atoms with van der Waals surface area (Å²) in [6.07, 6.45) is 0. The molecule has 1 heterocycles. The molecule has 0 radical (unpaired) electrons. The highest BCUT2D eigenvalue weighted by molar-refractivity contribution is 7.89. The van der Waals surface area contributed by atoms with Crippen molar-refractivity contribution in [3.05, 3.63) is 23.2 Å². The molecule has 1 fully saturated rings. The van der Waals surface area contributed by atoms with Crippen molar-refractivity contribution in [3.63, 3.8) is 0 Å². The SMILES string of the molecule is COc1ccc(Cl)c(S(=O)(=O)N2CCNCC2)c1. The van der Waals surface area contributed by atoms with Crippen LogP contribution in [-0.2, 0) is 10.0 Å². The molecule has 0 atom stereocenters. The summed E-state index contributed by atoms with van der Waals surface area (Å²) in [6, 6.07) is 4.63. The fourth-order valence-electron chi connectivity index (χ4n) is 1.83. The average molecular weight is 291 g/mol. The highest BCUT2D eigenvalue weighted by Crippen LogP contribution is 2.28. The molecule has 0 spiro atoms. The van der Waals surface area contributed by atoms with Crippen molar-refractivity contribution in [1.82, 2.24) is 9.62 Å². The average Bonchev–Trinajstić information content (AvgIpc) is 2.40. The van der Waals surface area contributed by atoms with Crippen LogP contribution >= 0.6 is 11.6 Å². The van der Waals surface area contributed by atoms with Crippen LogP contribution in [-0.4, -0.2) is 46.0 Å². The van der Waals surface area contributed by atoms with Crippen molar-refractivity contribution in [1.29, 1.82) is 0 Å². The number of rotatable bonds is 3. The normalized spacial score (nSPS) is 17.7. The van der Waals surface area contributed by atoms with E-state index in [-0.39, 0.29) is 9.92 Å². The molecule has 0 aromatic heterocycles. The van der Waals surface area contributed by atoms with Crippen LogP contribution in [0.25, 0.3) is 0 Å². The van der Waals surface area contributed by atoms with E-state index in [1.807, 2.05) is 0 Å². The lowest BCUT2D eigenvalue weighted by atomic mass is 10.3. The molecule has 0 saturated carbocycles. The second-order valence-electron chi connectivity index (χ2n) is 3.95. The summed E-state index contributed by atoms with van der Waals surface area (Å²) in [4.78, 5) is 0.102. The van der Waals surface area contributed by atoms with E-state index in [2.05, 4.69) is 5.32 Å². The predicted octanol–water partition coefficient (Wildman–Crippen LogP) is 0.943. The highest BCUT2D eigenvalue weighted by Gasteiger charge is 2.28. The summed E-state index contributed by atoms with van der Waals surface area (Å²) in [5, 5.41) is 3.33. The zero-order valence-corrected chi connectivity index (χ0v) is 11.6. The Balaban J connectivity index is 2.39. The van der Waals surface area contributed by atoms with Gasteiger partial charge in [-0.2, -0.15) is 4.31 Å². The summed E-state index contributed by atoms with van der Waals surface area (Å²) >= 11 is 5.98. The molecule has 2 rings (SSSR count). The first-order valence-corrected chi connectivity index (χ1v) is 7.42. The molecule has 0 unspecified atom stereocenters. The standard InChI is InChI=1S/C11H15ClN2O3S/c1-17-9-2-3-10(12)11(8-9)18(15,16)14-6-4-13-5-7-14/h2-3,8,13H,4-7H2,1H3. The number of hydrogen-bond acceptors (Lipinski definition) is 4. The molecular weight excluding hydrogens is 276 g/mol. The van der Waals surface area contributed by atoms with Crippen molar-refractivity contribution in [3.8, 4) is 5.75 Å². The van der Waals surface area contributed by atoms with Gasteiger partial charge < -0.3 is 10.1 Å². The second-order valence-corrected chi connectivity index (χ2v) is 6.26. The molecule has 5 nitrogen and oxygen atoms in total. The van der Waals surface area contributed by atoms with Gasteiger partial charge in [-0.3, -0.25) is 0 Å². The summed E-state index contributed by atoms with van der Waals surface area (Å²) in [5.74, 6) is 0.480. The van der Waals surface area contributed by atoms with Crippen LogP contribution in [0, 0.1) is 0 Å². The van der Waals surface area contributed by atoms with Crippen LogP contribution < -0.4 is 10.1 Å². The lowest BCUT2D eigenvalue weighted by Gasteiger charge is -2.27. The quantitative estimate of drug-likeness (QED) is 0.900. The minimum Gasteiger partial charge on any atom is -0.497 e. The molecule has 18 heavy (non-hydrogen) atoms. The van der Waals surface area contributed by atoms with Crippen LogP contribution in [0.4, 0.5) is 0 Å². The van der Waals surface area contributed by atoms with E-state index in [0.29, 0.717) is 31.9 Å². The van der Waals surface area contributed by atoms with Crippen molar-refractivity contribution in [2.75, 3.05) is 33.3 Å². The fourth-order valence-corrected chi connectivity index (χ4v) is 3.76. The highest BCUT2D eigenvalue weighted by atomic mass is 35.5. The van der Waals surface area contributed by atoms with E-state index in [4.69, 9.17) is 16.3 Å². The van der Waals surface area contributed by atoms with Gasteiger partial charge in [0.2, 0.25) is 10.0 Å². The molecule has 1 aliphatic rings. The third kappa shape index (κ3) is 2.61. The summed E-state index contributed by atoms with van der Waals surface area (Å²) in [6.45, 7) is 2.22. The zero-order valence-electron chi connectivity index (χ0n) is 10.0. The van der Waals surface area contributed by atoms with Gasteiger partial charge in [0.05, 0.1) is 12.1 Å². The number of methoxy groups -OCH3 is 1. The van der Waals surface area contributed by atoms with Crippen molar-refractivity contribution >= 4 is 21.6 Å². The third-order valence-corrected chi connectivity index (χ3v) is 5.21. The molecule has 0 amide bonds. The number of sulfonamides is 1. The number of benzene rings is 1. The number of nitrogens with one attached hydrogen (secondary N) is 1. The van der Waals surface area contributed by atoms with Crippen molar-refractivity contribution < 1.29 is 13.2 Å². The Morgan fingerprint density at radius 3 is 2.61 bits per heavy atom. The molecule has 0 bridgehead atoms. The Labute approximate surface area is 112 Å². The van der Waals surface area contributed by atoms with Gasteiger partial charge in [0, 0.05) is 32.2 Å². The Hall–Kier alpha value is -0.820. The van der Waals surface area contributed by atoms with E-state index in [0.717, 1.165) is 0 Å². The number of hydrogen-bond donors (Lipinski definition) is 1. The first-order chi connectivity index (χ1) is 8.55. The topological polar surface area (TPSA) is 58.6 Å². The van der Waals surface area contributed by atoms with Crippen molar-refractivity contribution in [2.45, 2.75) is 4.90 Å². The minimum absolute atomic E-state index is 0.102. The third-order valence-electron chi connectivity index (χ3n) is 2.83. The number of halogens is 1. The van der Waals surface area contributed by atoms with E-state index < -0.39 is 10.0 Å². The van der Waals surface area contributed by atoms with E-state index in [1.54, 1.807) is 6.07 Å². The molecule has 1 aromatic carbocycles. The second kappa shape index (κ2) is 5.44. The van der Waals surface area contributed by atoms with Gasteiger partial charge >= 0.3 is 0 Å². The molecular formula is C11H15ClN2O3S. The first kappa shape index (κ1) is 13.6. The zero-order chi connectivity index (χ0) is 13.2. The molecule has 0 aliphatic carbocycles. The van der Waals surface area contributed by atoms with Gasteiger partial charge in [0.15, 0.2) is 0 Å². The maximum atomic E-state index is 12.4. The van der Waals surface area contributed by atoms with Gasteiger partial charge in [-0.15, -0.1) is 0 Å². The largest absolute Gasteiger partial charge is 0.497 e. The minimum atomic E-state index is -3.54. The smallest absolute Gasteiger partial charge is 0.244 e. The van der Waals surface area contributed by atoms with Crippen molar-refractivity contribution in [2.24, 2.45) is 0 Å². The van der Waals surface area contributed by atoms with E-state index in [9.17, 15) is 8.42 Å². The molecule has 1 saturated heterocycles. The molecule has 7 heteroatoms. The first-order valence-electron chi connectivity index (χ1n) is 5.60. The maximum Gasteiger partial charge on any atom is 0.244 e. The number of piperazine rings is 1. The van der Waals surface area contributed by atoms with E-state index >= 15 is 0 Å². The van der Waals surface area contributed by atoms with E-state index in [1.165, 1.54) is 23.5 Å². The monoisotopic (exact) mass is 290 g/mol. The summed E-state index contributed by atoms with van der Waals surface area (Å²) in [5.41, 5.74) is 0. The van der Waals surface area contributed by atoms with Gasteiger partial charge in [0.25, 0.3) is 0 Å². The van der Waals surface area contributed by atoms with Crippen LogP contribution in [0.2, 0.25) is 5.02 Å². The Kier molecular flexibility index (Phi) is 4.11. The maximum absolute atomic E-state index is 12.4. The van der Waals surface area contributed by atoms with Gasteiger partial charge in [0.1, 0.15) is 10.6 Å². The number of ether oxygens (including phenoxy) is 1. The lowest BCUT2D eigenvalue weighted by molar-refractivity contribution is 0.359. The Morgan fingerprint density at radius 2 is 2.00 bits per heavy atom. The lowest BCUT2D eigenvalue weighted by Crippen LogP contribution is -2.46. The van der Waals surface area contributed by atoms with Crippen LogP contribution in [0.5, 0.6) is 5.75 Å². The van der Waals surface area contributed by atoms with Crippen LogP contribution in [0.3, 0.4) is 0 Å².